The Morgan fingerprint density at radius 1 is 1.57 bits per heavy atom. The lowest BCUT2D eigenvalue weighted by atomic mass is 9.95. The molecule has 0 aromatic rings. The van der Waals surface area contributed by atoms with E-state index in [0.717, 1.165) is 5.57 Å². The van der Waals surface area contributed by atoms with Crippen molar-refractivity contribution in [1.29, 1.82) is 0 Å². The van der Waals surface area contributed by atoms with Gasteiger partial charge in [-0.05, 0) is 45.0 Å². The average Bonchev–Trinajstić information content (AvgIpc) is 2.45. The number of hydrogen-bond donors (Lipinski definition) is 3. The van der Waals surface area contributed by atoms with Crippen LogP contribution in [0.15, 0.2) is 35.2 Å². The quantitative estimate of drug-likeness (QED) is 0.658. The van der Waals surface area contributed by atoms with Gasteiger partial charge in [0.15, 0.2) is 0 Å². The Kier molecular flexibility index (Phi) is 4.98. The normalized spacial score (nSPS) is 21.7. The summed E-state index contributed by atoms with van der Waals surface area (Å²) >= 11 is 0. The summed E-state index contributed by atoms with van der Waals surface area (Å²) in [4.78, 5) is 13.6. The van der Waals surface area contributed by atoms with Gasteiger partial charge in [0.25, 0.3) is 0 Å². The molecule has 2 aliphatic rings. The Balaban J connectivity index is 2.14. The fourth-order valence-corrected chi connectivity index (χ4v) is 2.47. The first kappa shape index (κ1) is 17.3. The van der Waals surface area contributed by atoms with E-state index in [-0.39, 0.29) is 17.0 Å². The largest absolute Gasteiger partial charge is 0.734 e. The number of rotatable bonds is 2. The number of ether oxygens (including phenoxy) is 1. The lowest BCUT2D eigenvalue weighted by Crippen LogP contribution is -2.43. The van der Waals surface area contributed by atoms with Crippen molar-refractivity contribution in [1.82, 2.24) is 15.4 Å². The third-order valence-corrected chi connectivity index (χ3v) is 3.51. The average molecular weight is 323 g/mol. The number of carbonyl (C=O) groups excluding carboxylic acids is 1. The first-order valence-corrected chi connectivity index (χ1v) is 7.45. The van der Waals surface area contributed by atoms with Gasteiger partial charge in [0.2, 0.25) is 0 Å². The number of nitrogens with one attached hydrogen (secondary N) is 1. The molecular weight excluding hydrogens is 300 g/mol. The highest BCUT2D eigenvalue weighted by Gasteiger charge is 2.26. The van der Waals surface area contributed by atoms with Crippen molar-refractivity contribution in [3.8, 4) is 0 Å². The monoisotopic (exact) mass is 323 g/mol. The number of allylic oxidation sites excluding steroid dienone is 2. The molecule has 0 aliphatic carbocycles. The third kappa shape index (κ3) is 4.25. The van der Waals surface area contributed by atoms with Crippen molar-refractivity contribution in [3.05, 3.63) is 40.4 Å². The second-order valence-corrected chi connectivity index (χ2v) is 6.46. The maximum absolute atomic E-state index is 12.0. The highest BCUT2D eigenvalue weighted by atomic mass is 16.8. The van der Waals surface area contributed by atoms with Gasteiger partial charge in [0, 0.05) is 18.7 Å². The minimum Gasteiger partial charge on any atom is -0.734 e. The highest BCUT2D eigenvalue weighted by Crippen LogP contribution is 2.27. The Morgan fingerprint density at radius 2 is 2.26 bits per heavy atom. The third-order valence-electron chi connectivity index (χ3n) is 3.51. The molecule has 0 radical (unpaired) electrons. The first-order valence-electron chi connectivity index (χ1n) is 7.45. The minimum absolute atomic E-state index is 0.0597. The molecular formula is C15H23N4O4-. The molecule has 2 aliphatic heterocycles. The van der Waals surface area contributed by atoms with Gasteiger partial charge < -0.3 is 31.1 Å². The maximum atomic E-state index is 12.0. The van der Waals surface area contributed by atoms with E-state index in [1.54, 1.807) is 17.2 Å². The van der Waals surface area contributed by atoms with Crippen molar-refractivity contribution in [2.45, 2.75) is 39.0 Å². The molecule has 1 atom stereocenters. The fraction of sp³-hybridized carbons (Fsp3) is 0.533. The molecule has 0 aromatic carbocycles. The van der Waals surface area contributed by atoms with Gasteiger partial charge >= 0.3 is 6.09 Å². The Labute approximate surface area is 135 Å². The molecule has 8 heteroatoms. The smallest absolute Gasteiger partial charge is 0.410 e. The second kappa shape index (κ2) is 6.61. The van der Waals surface area contributed by atoms with E-state index >= 15 is 0 Å². The minimum atomic E-state index is -0.776. The van der Waals surface area contributed by atoms with Crippen molar-refractivity contribution in [3.63, 3.8) is 0 Å². The highest BCUT2D eigenvalue weighted by molar-refractivity contribution is 5.69. The summed E-state index contributed by atoms with van der Waals surface area (Å²) in [6.45, 7) is 6.30. The molecule has 2 heterocycles. The Bertz CT molecular complexity index is 560. The molecule has 0 fully saturated rings. The zero-order valence-corrected chi connectivity index (χ0v) is 13.6. The van der Waals surface area contributed by atoms with Gasteiger partial charge in [-0.15, -0.1) is 0 Å². The first-order chi connectivity index (χ1) is 10.7. The summed E-state index contributed by atoms with van der Waals surface area (Å²) < 4.78 is 5.34. The van der Waals surface area contributed by atoms with Crippen LogP contribution in [0.4, 0.5) is 4.79 Å². The predicted octanol–water partition coefficient (Wildman–Crippen LogP) is 1.40. The Hall–Kier alpha value is -2.03. The number of amides is 1. The number of dihydropyridines is 1. The van der Waals surface area contributed by atoms with Crippen LogP contribution in [0.2, 0.25) is 0 Å². The SMILES string of the molecule is CC(C)(C)OC(=O)N1CC=C(C2=C(N([O-])O)C(N)NC=C2)CC1. The van der Waals surface area contributed by atoms with Crippen molar-refractivity contribution < 1.29 is 14.7 Å². The van der Waals surface area contributed by atoms with E-state index in [1.807, 2.05) is 26.8 Å². The summed E-state index contributed by atoms with van der Waals surface area (Å²) in [5.74, 6) is 0. The predicted molar refractivity (Wildman–Crippen MR) is 84.8 cm³/mol. The van der Waals surface area contributed by atoms with Gasteiger partial charge in [-0.25, -0.2) is 4.79 Å². The Morgan fingerprint density at radius 3 is 2.78 bits per heavy atom. The molecule has 0 spiro atoms. The number of hydroxylamine groups is 2. The molecule has 4 N–H and O–H groups in total. The second-order valence-electron chi connectivity index (χ2n) is 6.46. The molecule has 128 valence electrons. The van der Waals surface area contributed by atoms with E-state index in [4.69, 9.17) is 10.5 Å². The molecule has 2 rings (SSSR count). The molecule has 0 saturated carbocycles. The van der Waals surface area contributed by atoms with Crippen LogP contribution in [-0.2, 0) is 4.74 Å². The van der Waals surface area contributed by atoms with Crippen LogP contribution < -0.4 is 11.1 Å². The number of nitrogens with two attached hydrogens (primary N) is 1. The van der Waals surface area contributed by atoms with Crippen molar-refractivity contribution in [2.75, 3.05) is 13.1 Å². The van der Waals surface area contributed by atoms with Gasteiger partial charge in [-0.2, -0.15) is 0 Å². The molecule has 1 amide bonds. The number of hydrogen-bond acceptors (Lipinski definition) is 7. The standard InChI is InChI=1S/C15H23N4O4/c1-15(2,3)23-14(20)18-8-5-10(6-9-18)11-4-7-17-13(16)12(11)19(21)22/h4-5,7,13,17,21H,6,8-9,16H2,1-3H3/q-1. The molecule has 1 unspecified atom stereocenters. The topological polar surface area (TPSA) is 114 Å². The summed E-state index contributed by atoms with van der Waals surface area (Å²) in [6, 6.07) is 0. The van der Waals surface area contributed by atoms with Crippen LogP contribution in [-0.4, -0.2) is 46.3 Å². The molecule has 23 heavy (non-hydrogen) atoms. The van der Waals surface area contributed by atoms with Gasteiger partial charge in [-0.1, -0.05) is 6.08 Å². The summed E-state index contributed by atoms with van der Waals surface area (Å²) in [5, 5.41) is 23.2. The lowest BCUT2D eigenvalue weighted by Gasteiger charge is -2.35. The van der Waals surface area contributed by atoms with E-state index in [9.17, 15) is 15.2 Å². The van der Waals surface area contributed by atoms with Crippen LogP contribution in [0.1, 0.15) is 27.2 Å². The van der Waals surface area contributed by atoms with E-state index < -0.39 is 11.8 Å². The molecule has 0 aromatic heterocycles. The number of nitrogens with zero attached hydrogens (tertiary/aromatic N) is 2. The summed E-state index contributed by atoms with van der Waals surface area (Å²) in [6.07, 6.45) is 4.56. The van der Waals surface area contributed by atoms with Gasteiger partial charge in [0.1, 0.15) is 11.8 Å². The van der Waals surface area contributed by atoms with Gasteiger partial charge in [0.05, 0.1) is 5.70 Å². The van der Waals surface area contributed by atoms with Gasteiger partial charge in [-0.3, -0.25) is 5.21 Å². The fourth-order valence-electron chi connectivity index (χ4n) is 2.47. The molecule has 0 bridgehead atoms. The van der Waals surface area contributed by atoms with Crippen LogP contribution in [0, 0.1) is 5.21 Å². The van der Waals surface area contributed by atoms with E-state index in [2.05, 4.69) is 5.32 Å². The lowest BCUT2D eigenvalue weighted by molar-refractivity contribution is -0.0119. The summed E-state index contributed by atoms with van der Waals surface area (Å²) in [7, 11) is 0. The number of carbonyl (C=O) groups is 1. The maximum Gasteiger partial charge on any atom is 0.410 e. The molecule has 0 saturated heterocycles. The zero-order chi connectivity index (χ0) is 17.2. The van der Waals surface area contributed by atoms with Crippen LogP contribution in [0.5, 0.6) is 0 Å². The van der Waals surface area contributed by atoms with Crippen LogP contribution in [0.25, 0.3) is 0 Å². The van der Waals surface area contributed by atoms with Crippen molar-refractivity contribution in [2.24, 2.45) is 5.73 Å². The molecule has 8 nitrogen and oxygen atoms in total. The van der Waals surface area contributed by atoms with E-state index in [1.165, 1.54) is 0 Å². The summed E-state index contributed by atoms with van der Waals surface area (Å²) in [5.41, 5.74) is 6.75. The van der Waals surface area contributed by atoms with Crippen LogP contribution in [0.3, 0.4) is 0 Å². The van der Waals surface area contributed by atoms with Crippen LogP contribution >= 0.6 is 0 Å². The van der Waals surface area contributed by atoms with Crippen molar-refractivity contribution >= 4 is 6.09 Å². The van der Waals surface area contributed by atoms with E-state index in [0.29, 0.717) is 25.1 Å². The zero-order valence-electron chi connectivity index (χ0n) is 13.6.